The Bertz CT molecular complexity index is 634. The molecule has 0 spiro atoms. The number of nitrogens with zero attached hydrogens (tertiary/aromatic N) is 2. The quantitative estimate of drug-likeness (QED) is 0.907. The van der Waals surface area contributed by atoms with Crippen LogP contribution in [-0.2, 0) is 4.74 Å². The Morgan fingerprint density at radius 1 is 1.29 bits per heavy atom. The van der Waals surface area contributed by atoms with Crippen LogP contribution < -0.4 is 5.32 Å². The molecule has 1 fully saturated rings. The van der Waals surface area contributed by atoms with Gasteiger partial charge in [0.2, 0.25) is 0 Å². The molecule has 0 bridgehead atoms. The van der Waals surface area contributed by atoms with Gasteiger partial charge in [0, 0.05) is 32.9 Å². The van der Waals surface area contributed by atoms with Crippen LogP contribution in [-0.4, -0.2) is 60.6 Å². The van der Waals surface area contributed by atoms with E-state index in [0.29, 0.717) is 23.7 Å². The van der Waals surface area contributed by atoms with Crippen LogP contribution in [0.15, 0.2) is 18.2 Å². The van der Waals surface area contributed by atoms with Crippen LogP contribution in [0.3, 0.4) is 0 Å². The second-order valence-corrected chi connectivity index (χ2v) is 7.53. The molecule has 2 amide bonds. The number of anilines is 1. The van der Waals surface area contributed by atoms with E-state index in [-0.39, 0.29) is 18.0 Å². The molecule has 0 unspecified atom stereocenters. The van der Waals surface area contributed by atoms with E-state index in [1.54, 1.807) is 31.1 Å². The fraction of sp³-hybridized carbons (Fsp3) is 0.529. The molecule has 1 aromatic carbocycles. The maximum Gasteiger partial charge on any atom is 0.410 e. The highest BCUT2D eigenvalue weighted by atomic mass is 35.5. The molecule has 7 heteroatoms. The van der Waals surface area contributed by atoms with Crippen LogP contribution in [0.2, 0.25) is 5.02 Å². The maximum atomic E-state index is 12.0. The number of hydrogen-bond acceptors (Lipinski definition) is 4. The number of carbonyl (C=O) groups excluding carboxylic acids is 2. The lowest BCUT2D eigenvalue weighted by molar-refractivity contribution is 0.0105. The number of halogens is 1. The molecule has 0 aliphatic carbocycles. The Morgan fingerprint density at radius 2 is 1.92 bits per heavy atom. The van der Waals surface area contributed by atoms with Crippen molar-refractivity contribution in [3.8, 4) is 0 Å². The number of ether oxygens (including phenoxy) is 1. The fourth-order valence-electron chi connectivity index (χ4n) is 2.30. The molecule has 1 aliphatic rings. The zero-order valence-corrected chi connectivity index (χ0v) is 15.5. The summed E-state index contributed by atoms with van der Waals surface area (Å²) in [6.45, 7) is 6.69. The molecule has 6 nitrogen and oxygen atoms in total. The van der Waals surface area contributed by atoms with Gasteiger partial charge < -0.3 is 19.9 Å². The summed E-state index contributed by atoms with van der Waals surface area (Å²) in [5.41, 5.74) is 0.804. The average Bonchev–Trinajstić information content (AvgIpc) is 2.39. The highest BCUT2D eigenvalue weighted by Crippen LogP contribution is 2.24. The number of rotatable bonds is 3. The third-order valence-electron chi connectivity index (χ3n) is 3.51. The Hall–Kier alpha value is -1.95. The van der Waals surface area contributed by atoms with Gasteiger partial charge in [-0.25, -0.2) is 4.79 Å². The molecule has 1 N–H and O–H groups in total. The van der Waals surface area contributed by atoms with E-state index in [9.17, 15) is 9.59 Å². The number of amides is 2. The van der Waals surface area contributed by atoms with Gasteiger partial charge in [0.1, 0.15) is 5.60 Å². The van der Waals surface area contributed by atoms with Crippen molar-refractivity contribution in [2.24, 2.45) is 0 Å². The van der Waals surface area contributed by atoms with E-state index in [1.807, 2.05) is 26.8 Å². The van der Waals surface area contributed by atoms with Crippen molar-refractivity contribution in [2.75, 3.05) is 32.5 Å². The minimum absolute atomic E-state index is 0.133. The van der Waals surface area contributed by atoms with Crippen molar-refractivity contribution in [3.05, 3.63) is 28.8 Å². The van der Waals surface area contributed by atoms with Gasteiger partial charge in [0.25, 0.3) is 5.91 Å². The summed E-state index contributed by atoms with van der Waals surface area (Å²) in [6, 6.07) is 5.40. The number of likely N-dealkylation sites (tertiary alicyclic amines) is 1. The molecule has 1 saturated heterocycles. The minimum atomic E-state index is -0.488. The predicted octanol–water partition coefficient (Wildman–Crippen LogP) is 3.07. The Labute approximate surface area is 147 Å². The third-order valence-corrected chi connectivity index (χ3v) is 3.82. The van der Waals surface area contributed by atoms with E-state index in [4.69, 9.17) is 16.3 Å². The summed E-state index contributed by atoms with van der Waals surface area (Å²) in [6.07, 6.45) is -0.300. The lowest BCUT2D eigenvalue weighted by Gasteiger charge is -2.40. The van der Waals surface area contributed by atoms with E-state index in [2.05, 4.69) is 5.32 Å². The van der Waals surface area contributed by atoms with Crippen molar-refractivity contribution in [2.45, 2.75) is 32.4 Å². The molecule has 0 atom stereocenters. The standard InChI is InChI=1S/C17H24ClN3O3/c1-17(2,3)24-16(23)21-9-12(10-21)19-11-6-7-13(14(18)8-11)15(22)20(4)5/h6-8,12,19H,9-10H2,1-5H3. The van der Waals surface area contributed by atoms with Gasteiger partial charge in [-0.1, -0.05) is 11.6 Å². The van der Waals surface area contributed by atoms with E-state index in [0.717, 1.165) is 5.69 Å². The van der Waals surface area contributed by atoms with Crippen LogP contribution in [0, 0.1) is 0 Å². The summed E-state index contributed by atoms with van der Waals surface area (Å²) >= 11 is 6.19. The second-order valence-electron chi connectivity index (χ2n) is 7.12. The summed E-state index contributed by atoms with van der Waals surface area (Å²) in [7, 11) is 3.37. The van der Waals surface area contributed by atoms with Crippen LogP contribution in [0.1, 0.15) is 31.1 Å². The first-order chi connectivity index (χ1) is 11.1. The van der Waals surface area contributed by atoms with Crippen molar-refractivity contribution in [1.82, 2.24) is 9.80 Å². The monoisotopic (exact) mass is 353 g/mol. The first-order valence-corrected chi connectivity index (χ1v) is 8.20. The average molecular weight is 354 g/mol. The van der Waals surface area contributed by atoms with Crippen LogP contribution in [0.25, 0.3) is 0 Å². The molecule has 2 rings (SSSR count). The molecular weight excluding hydrogens is 330 g/mol. The molecule has 24 heavy (non-hydrogen) atoms. The number of nitrogens with one attached hydrogen (secondary N) is 1. The van der Waals surface area contributed by atoms with Gasteiger partial charge in [-0.3, -0.25) is 4.79 Å². The highest BCUT2D eigenvalue weighted by Gasteiger charge is 2.33. The number of benzene rings is 1. The van der Waals surface area contributed by atoms with Gasteiger partial charge >= 0.3 is 6.09 Å². The van der Waals surface area contributed by atoms with Gasteiger partial charge in [0.15, 0.2) is 0 Å². The Balaban J connectivity index is 1.89. The predicted molar refractivity (Wildman–Crippen MR) is 94.7 cm³/mol. The van der Waals surface area contributed by atoms with Crippen molar-refractivity contribution in [3.63, 3.8) is 0 Å². The Kier molecular flexibility index (Phi) is 5.28. The van der Waals surface area contributed by atoms with Gasteiger partial charge in [-0.05, 0) is 39.0 Å². The summed E-state index contributed by atoms with van der Waals surface area (Å²) in [5, 5.41) is 3.71. The zero-order chi connectivity index (χ0) is 18.1. The van der Waals surface area contributed by atoms with Gasteiger partial charge in [-0.2, -0.15) is 0 Å². The SMILES string of the molecule is CN(C)C(=O)c1ccc(NC2CN(C(=O)OC(C)(C)C)C2)cc1Cl. The van der Waals surface area contributed by atoms with Gasteiger partial charge in [-0.15, -0.1) is 0 Å². The molecule has 0 radical (unpaired) electrons. The fourth-order valence-corrected chi connectivity index (χ4v) is 2.56. The largest absolute Gasteiger partial charge is 0.444 e. The second kappa shape index (κ2) is 6.89. The number of carbonyl (C=O) groups is 2. The first kappa shape index (κ1) is 18.4. The maximum absolute atomic E-state index is 12.0. The summed E-state index contributed by atoms with van der Waals surface area (Å²) in [4.78, 5) is 27.0. The summed E-state index contributed by atoms with van der Waals surface area (Å²) < 4.78 is 5.32. The first-order valence-electron chi connectivity index (χ1n) is 7.82. The smallest absolute Gasteiger partial charge is 0.410 e. The van der Waals surface area contributed by atoms with Crippen LogP contribution >= 0.6 is 11.6 Å². The van der Waals surface area contributed by atoms with E-state index >= 15 is 0 Å². The Morgan fingerprint density at radius 3 is 2.42 bits per heavy atom. The molecular formula is C17H24ClN3O3. The zero-order valence-electron chi connectivity index (χ0n) is 14.7. The van der Waals surface area contributed by atoms with E-state index in [1.165, 1.54) is 4.90 Å². The van der Waals surface area contributed by atoms with Gasteiger partial charge in [0.05, 0.1) is 16.6 Å². The molecule has 0 aromatic heterocycles. The van der Waals surface area contributed by atoms with Crippen molar-refractivity contribution in [1.29, 1.82) is 0 Å². The van der Waals surface area contributed by atoms with Crippen LogP contribution in [0.4, 0.5) is 10.5 Å². The molecule has 132 valence electrons. The number of hydrogen-bond donors (Lipinski definition) is 1. The lowest BCUT2D eigenvalue weighted by Crippen LogP contribution is -2.57. The highest BCUT2D eigenvalue weighted by molar-refractivity contribution is 6.34. The lowest BCUT2D eigenvalue weighted by atomic mass is 10.1. The topological polar surface area (TPSA) is 61.9 Å². The molecule has 1 aliphatic heterocycles. The molecule has 0 saturated carbocycles. The van der Waals surface area contributed by atoms with Crippen molar-refractivity contribution >= 4 is 29.3 Å². The van der Waals surface area contributed by atoms with Crippen molar-refractivity contribution < 1.29 is 14.3 Å². The van der Waals surface area contributed by atoms with E-state index < -0.39 is 5.60 Å². The minimum Gasteiger partial charge on any atom is -0.444 e. The molecule has 1 heterocycles. The summed E-state index contributed by atoms with van der Waals surface area (Å²) in [5.74, 6) is -0.133. The third kappa shape index (κ3) is 4.54. The normalized spacial score (nSPS) is 14.8. The molecule has 1 aromatic rings. The van der Waals surface area contributed by atoms with Crippen LogP contribution in [0.5, 0.6) is 0 Å².